The summed E-state index contributed by atoms with van der Waals surface area (Å²) in [6, 6.07) is 0. The van der Waals surface area contributed by atoms with Gasteiger partial charge in [0.1, 0.15) is 17.3 Å². The Balaban J connectivity index is -0.000000214. The molecule has 3 atom stereocenters. The van der Waals surface area contributed by atoms with Gasteiger partial charge in [-0.25, -0.2) is 0 Å². The maximum atomic E-state index is 10.8. The maximum Gasteiger partial charge on any atom is 3.00 e. The van der Waals surface area contributed by atoms with Crippen LogP contribution in [0.1, 0.15) is 112 Å². The van der Waals surface area contributed by atoms with Crippen molar-refractivity contribution in [1.29, 1.82) is 0 Å². The van der Waals surface area contributed by atoms with Crippen LogP contribution in [-0.2, 0) is 28.8 Å². The minimum atomic E-state index is -1.27. The van der Waals surface area contributed by atoms with Gasteiger partial charge in [0.15, 0.2) is 0 Å². The van der Waals surface area contributed by atoms with Gasteiger partial charge in [-0.05, 0) is 40.0 Å². The van der Waals surface area contributed by atoms with Crippen LogP contribution in [-0.4, -0.2) is 52.6 Å². The van der Waals surface area contributed by atoms with Crippen LogP contribution >= 0.6 is 0 Å². The first-order valence-electron chi connectivity index (χ1n) is 12.4. The molecule has 0 saturated carbocycles. The van der Waals surface area contributed by atoms with Crippen LogP contribution < -0.4 is 15.3 Å². The third-order valence-electron chi connectivity index (χ3n) is 5.43. The predicted molar refractivity (Wildman–Crippen MR) is 131 cm³/mol. The van der Waals surface area contributed by atoms with Gasteiger partial charge in [-0.1, -0.05) is 72.1 Å². The number of aliphatic carboxylic acids is 3. The van der Waals surface area contributed by atoms with E-state index in [9.17, 15) is 44.1 Å². The molecule has 0 rings (SSSR count). The minimum Gasteiger partial charge on any atom is -0.549 e. The van der Waals surface area contributed by atoms with E-state index in [2.05, 4.69) is 13.8 Å². The zero-order chi connectivity index (χ0) is 28.0. The monoisotopic (exact) mass is 526 g/mol. The number of hydrogen-bond acceptors (Lipinski definition) is 9. The summed E-state index contributed by atoms with van der Waals surface area (Å²) in [4.78, 5) is 63.0. The number of Topliss-reactive ketones (excluding diaryl/α,β-unsaturated/α-hetero) is 3. The van der Waals surface area contributed by atoms with E-state index >= 15 is 0 Å². The normalized spacial score (nSPS) is 12.2. The fourth-order valence-corrected chi connectivity index (χ4v) is 3.14. The standard InChI is InChI=1S/2C10H18O3.C6H10O3.Al/c2*1-3-4-5-6-7-9(8(2)11)10(12)13;1-3-5(4(2)7)6(8)9;/h2*9H,3-7H2,1-2H3,(H,12,13);5H,3H2,1-2H3,(H,8,9);/q;;;+3/p-3. The van der Waals surface area contributed by atoms with Crippen LogP contribution in [0.5, 0.6) is 0 Å². The van der Waals surface area contributed by atoms with Crippen molar-refractivity contribution in [3.05, 3.63) is 0 Å². The van der Waals surface area contributed by atoms with Gasteiger partial charge in [0.25, 0.3) is 0 Å². The van der Waals surface area contributed by atoms with Crippen molar-refractivity contribution in [3.63, 3.8) is 0 Å². The zero-order valence-corrected chi connectivity index (χ0v) is 23.9. The number of rotatable bonds is 17. The van der Waals surface area contributed by atoms with Gasteiger partial charge in [0.05, 0.1) is 35.7 Å². The molecule has 0 amide bonds. The Morgan fingerprint density at radius 3 is 0.917 bits per heavy atom. The van der Waals surface area contributed by atoms with Gasteiger partial charge in [-0.15, -0.1) is 0 Å². The van der Waals surface area contributed by atoms with Gasteiger partial charge in [0, 0.05) is 0 Å². The van der Waals surface area contributed by atoms with E-state index in [0.29, 0.717) is 19.3 Å². The van der Waals surface area contributed by atoms with E-state index in [0.717, 1.165) is 51.4 Å². The molecule has 0 fully saturated rings. The SMILES string of the molecule is CCC(C(C)=O)C(=O)[O-].CCCCCCC(C(C)=O)C(=O)[O-].CCCCCCC(C(C)=O)C(=O)[O-].[Al+3]. The van der Waals surface area contributed by atoms with Crippen LogP contribution in [0, 0.1) is 17.8 Å². The molecule has 204 valence electrons. The summed E-state index contributed by atoms with van der Waals surface area (Å²) in [6.45, 7) is 9.68. The molecule has 10 heteroatoms. The second-order valence-electron chi connectivity index (χ2n) is 8.55. The topological polar surface area (TPSA) is 172 Å². The van der Waals surface area contributed by atoms with Gasteiger partial charge in [-0.3, -0.25) is 14.4 Å². The molecule has 0 radical (unpaired) electrons. The number of carboxylic acids is 3. The summed E-state index contributed by atoms with van der Waals surface area (Å²) in [6.07, 6.45) is 9.16. The molecule has 0 aliphatic carbocycles. The molecule has 0 N–H and O–H groups in total. The van der Waals surface area contributed by atoms with Gasteiger partial charge >= 0.3 is 17.4 Å². The molecule has 0 bridgehead atoms. The Bertz CT molecular complexity index is 580. The molecule has 0 aliphatic heterocycles. The summed E-state index contributed by atoms with van der Waals surface area (Å²) >= 11 is 0. The van der Waals surface area contributed by atoms with Gasteiger partial charge < -0.3 is 29.7 Å². The van der Waals surface area contributed by atoms with Crippen LogP contribution in [0.3, 0.4) is 0 Å². The van der Waals surface area contributed by atoms with Crippen LogP contribution in [0.4, 0.5) is 0 Å². The third kappa shape index (κ3) is 23.7. The summed E-state index contributed by atoms with van der Waals surface area (Å²) in [5, 5.41) is 31.0. The molecule has 0 aromatic carbocycles. The predicted octanol–water partition coefficient (Wildman–Crippen LogP) is 0.795. The van der Waals surface area contributed by atoms with Crippen LogP contribution in [0.25, 0.3) is 0 Å². The van der Waals surface area contributed by atoms with Crippen molar-refractivity contribution in [2.75, 3.05) is 0 Å². The first kappa shape index (κ1) is 41.1. The van der Waals surface area contributed by atoms with Crippen molar-refractivity contribution >= 4 is 52.6 Å². The van der Waals surface area contributed by atoms with Crippen molar-refractivity contribution in [3.8, 4) is 0 Å². The van der Waals surface area contributed by atoms with Crippen molar-refractivity contribution in [2.24, 2.45) is 17.8 Å². The van der Waals surface area contributed by atoms with E-state index in [4.69, 9.17) is 0 Å². The molecule has 3 unspecified atom stereocenters. The van der Waals surface area contributed by atoms with E-state index < -0.39 is 35.7 Å². The molecule has 0 aromatic heterocycles. The van der Waals surface area contributed by atoms with E-state index in [-0.39, 0.29) is 34.7 Å². The van der Waals surface area contributed by atoms with Gasteiger partial charge in [0.2, 0.25) is 0 Å². The maximum absolute atomic E-state index is 10.8. The quantitative estimate of drug-likeness (QED) is 0.151. The molecular weight excluding hydrogens is 483 g/mol. The van der Waals surface area contributed by atoms with Crippen molar-refractivity contribution < 1.29 is 44.1 Å². The van der Waals surface area contributed by atoms with Gasteiger partial charge in [-0.2, -0.15) is 0 Å². The molecule has 0 saturated heterocycles. The molecule has 0 aromatic rings. The van der Waals surface area contributed by atoms with Crippen molar-refractivity contribution in [1.82, 2.24) is 0 Å². The fraction of sp³-hybridized carbons (Fsp3) is 0.769. The van der Waals surface area contributed by atoms with Crippen LogP contribution in [0.15, 0.2) is 0 Å². The Kier molecular flexibility index (Phi) is 29.7. The first-order chi connectivity index (χ1) is 16.3. The third-order valence-corrected chi connectivity index (χ3v) is 5.43. The molecule has 36 heavy (non-hydrogen) atoms. The zero-order valence-electron chi connectivity index (χ0n) is 22.8. The largest absolute Gasteiger partial charge is 3.00 e. The smallest absolute Gasteiger partial charge is 0.549 e. The number of carboxylic acid groups (broad SMARTS) is 3. The Morgan fingerprint density at radius 1 is 0.500 bits per heavy atom. The number of ketones is 3. The average Bonchev–Trinajstić information content (AvgIpc) is 2.73. The number of hydrogen-bond donors (Lipinski definition) is 0. The summed E-state index contributed by atoms with van der Waals surface area (Å²) < 4.78 is 0. The molecule has 0 heterocycles. The molecule has 9 nitrogen and oxygen atoms in total. The average molecular weight is 527 g/mol. The Labute approximate surface area is 226 Å². The summed E-state index contributed by atoms with van der Waals surface area (Å²) in [5.41, 5.74) is 0. The second kappa shape index (κ2) is 26.0. The van der Waals surface area contributed by atoms with Crippen LogP contribution in [0.2, 0.25) is 0 Å². The van der Waals surface area contributed by atoms with E-state index in [1.807, 2.05) is 0 Å². The van der Waals surface area contributed by atoms with Crippen molar-refractivity contribution in [2.45, 2.75) is 112 Å². The summed E-state index contributed by atoms with van der Waals surface area (Å²) in [7, 11) is 0. The fourth-order valence-electron chi connectivity index (χ4n) is 3.14. The van der Waals surface area contributed by atoms with E-state index in [1.54, 1.807) is 6.92 Å². The molecule has 0 aliphatic rings. The number of unbranched alkanes of at least 4 members (excludes halogenated alkanes) is 6. The second-order valence-corrected chi connectivity index (χ2v) is 8.55. The Hall–Kier alpha value is -2.05. The number of carbonyl (C=O) groups excluding carboxylic acids is 6. The Morgan fingerprint density at radius 2 is 0.778 bits per heavy atom. The first-order valence-corrected chi connectivity index (χ1v) is 12.4. The minimum absolute atomic E-state index is 0. The number of carbonyl (C=O) groups is 6. The molecule has 0 spiro atoms. The summed E-state index contributed by atoms with van der Waals surface area (Å²) in [5.74, 6) is -7.36. The van der Waals surface area contributed by atoms with E-state index in [1.165, 1.54) is 20.8 Å². The molecular formula is C26H43AlO9.